The van der Waals surface area contributed by atoms with Crippen LogP contribution in [0.15, 0.2) is 109 Å². The SMILES string of the molecule is COc1ccc(NC(=O)[C@H](c2ccc(Cl)cc2)N(Cc2nc(-c3ccccc3)cs2)C(=O)Cn2nnc3ccccc32)cc1. The number of ether oxygens (including phenoxy) is 1. The number of methoxy groups -OCH3 is 1. The first-order chi connectivity index (χ1) is 21.5. The van der Waals surface area contributed by atoms with E-state index < -0.39 is 11.9 Å². The zero-order valence-electron chi connectivity index (χ0n) is 23.6. The van der Waals surface area contributed by atoms with Crippen molar-refractivity contribution in [1.29, 1.82) is 0 Å². The van der Waals surface area contributed by atoms with Gasteiger partial charge in [-0.3, -0.25) is 9.59 Å². The Labute approximate surface area is 262 Å². The summed E-state index contributed by atoms with van der Waals surface area (Å²) >= 11 is 7.65. The number of benzene rings is 4. The second-order valence-corrected chi connectivity index (χ2v) is 11.3. The summed E-state index contributed by atoms with van der Waals surface area (Å²) in [6, 6.07) is 30.1. The molecule has 6 aromatic rings. The van der Waals surface area contributed by atoms with E-state index in [1.807, 2.05) is 60.0 Å². The van der Waals surface area contributed by atoms with Crippen LogP contribution in [0.25, 0.3) is 22.3 Å². The first kappa shape index (κ1) is 29.0. The van der Waals surface area contributed by atoms with E-state index in [1.54, 1.807) is 60.3 Å². The molecule has 1 N–H and O–H groups in total. The van der Waals surface area contributed by atoms with Crippen LogP contribution in [0.5, 0.6) is 5.75 Å². The van der Waals surface area contributed by atoms with Gasteiger partial charge >= 0.3 is 0 Å². The molecule has 0 bridgehead atoms. The highest BCUT2D eigenvalue weighted by Gasteiger charge is 2.33. The van der Waals surface area contributed by atoms with Crippen LogP contribution in [-0.4, -0.2) is 43.8 Å². The Balaban J connectivity index is 1.38. The molecule has 4 aromatic carbocycles. The van der Waals surface area contributed by atoms with Gasteiger partial charge in [-0.1, -0.05) is 71.4 Å². The van der Waals surface area contributed by atoms with E-state index in [2.05, 4.69) is 15.6 Å². The van der Waals surface area contributed by atoms with E-state index in [0.717, 1.165) is 11.3 Å². The number of hydrogen-bond donors (Lipinski definition) is 1. The molecule has 0 radical (unpaired) electrons. The van der Waals surface area contributed by atoms with Crippen molar-refractivity contribution in [3.8, 4) is 17.0 Å². The van der Waals surface area contributed by atoms with Gasteiger partial charge in [-0.15, -0.1) is 16.4 Å². The summed E-state index contributed by atoms with van der Waals surface area (Å²) in [6.07, 6.45) is 0. The quantitative estimate of drug-likeness (QED) is 0.184. The molecule has 0 spiro atoms. The van der Waals surface area contributed by atoms with Gasteiger partial charge in [0.1, 0.15) is 28.9 Å². The Morgan fingerprint density at radius 2 is 1.68 bits per heavy atom. The van der Waals surface area contributed by atoms with Gasteiger partial charge in [-0.25, -0.2) is 9.67 Å². The summed E-state index contributed by atoms with van der Waals surface area (Å²) in [5.41, 5.74) is 4.31. The number of hydrogen-bond acceptors (Lipinski definition) is 7. The van der Waals surface area contributed by atoms with Gasteiger partial charge in [-0.05, 0) is 54.1 Å². The summed E-state index contributed by atoms with van der Waals surface area (Å²) in [5, 5.41) is 14.5. The number of halogens is 1. The van der Waals surface area contributed by atoms with Crippen LogP contribution in [0.1, 0.15) is 16.6 Å². The second kappa shape index (κ2) is 13.1. The molecule has 2 aromatic heterocycles. The molecular formula is C33H27ClN6O3S. The van der Waals surface area contributed by atoms with Crippen LogP contribution in [0.2, 0.25) is 5.02 Å². The summed E-state index contributed by atoms with van der Waals surface area (Å²) in [6.45, 7) is -0.0381. The molecule has 0 aliphatic rings. The lowest BCUT2D eigenvalue weighted by Crippen LogP contribution is -2.42. The zero-order chi connectivity index (χ0) is 30.5. The van der Waals surface area contributed by atoms with Gasteiger partial charge in [0.05, 0.1) is 24.9 Å². The van der Waals surface area contributed by atoms with Crippen LogP contribution in [0, 0.1) is 0 Å². The lowest BCUT2D eigenvalue weighted by molar-refractivity contribution is -0.140. The minimum atomic E-state index is -1.01. The average molecular weight is 623 g/mol. The standard InChI is InChI=1S/C33H27ClN6O3S/c1-43-26-17-15-25(16-18-26)35-33(42)32(23-11-13-24(34)14-12-23)39(19-30-36-28(21-44-30)22-7-3-2-4-8-22)31(41)20-40-29-10-6-5-9-27(29)37-38-40/h2-18,21,32H,19-20H2,1H3,(H,35,42)/t32-/m0/s1. The van der Waals surface area contributed by atoms with Crippen LogP contribution in [-0.2, 0) is 22.7 Å². The summed E-state index contributed by atoms with van der Waals surface area (Å²) in [4.78, 5) is 34.7. The number of rotatable bonds is 10. The number of anilines is 1. The van der Waals surface area contributed by atoms with E-state index in [9.17, 15) is 9.59 Å². The molecule has 2 heterocycles. The van der Waals surface area contributed by atoms with Crippen molar-refractivity contribution in [2.45, 2.75) is 19.1 Å². The van der Waals surface area contributed by atoms with Crippen molar-refractivity contribution >= 4 is 51.5 Å². The molecular weight excluding hydrogens is 596 g/mol. The zero-order valence-corrected chi connectivity index (χ0v) is 25.2. The van der Waals surface area contributed by atoms with E-state index in [-0.39, 0.29) is 19.0 Å². The number of nitrogens with zero attached hydrogens (tertiary/aromatic N) is 5. The van der Waals surface area contributed by atoms with Crippen LogP contribution < -0.4 is 10.1 Å². The van der Waals surface area contributed by atoms with Crippen molar-refractivity contribution < 1.29 is 14.3 Å². The smallest absolute Gasteiger partial charge is 0.251 e. The third-order valence-electron chi connectivity index (χ3n) is 7.06. The highest BCUT2D eigenvalue weighted by Crippen LogP contribution is 2.30. The van der Waals surface area contributed by atoms with Crippen molar-refractivity contribution in [3.63, 3.8) is 0 Å². The van der Waals surface area contributed by atoms with Gasteiger partial charge in [0.25, 0.3) is 5.91 Å². The predicted molar refractivity (Wildman–Crippen MR) is 171 cm³/mol. The van der Waals surface area contributed by atoms with E-state index in [0.29, 0.717) is 38.1 Å². The number of thiazole rings is 1. The summed E-state index contributed by atoms with van der Waals surface area (Å²) < 4.78 is 6.80. The van der Waals surface area contributed by atoms with Crippen molar-refractivity contribution in [1.82, 2.24) is 24.9 Å². The number of nitrogens with one attached hydrogen (secondary N) is 1. The molecule has 9 nitrogen and oxygen atoms in total. The van der Waals surface area contributed by atoms with E-state index in [1.165, 1.54) is 16.2 Å². The van der Waals surface area contributed by atoms with Crippen LogP contribution >= 0.6 is 22.9 Å². The van der Waals surface area contributed by atoms with Crippen molar-refractivity contribution in [2.75, 3.05) is 12.4 Å². The van der Waals surface area contributed by atoms with Gasteiger partial charge in [0.15, 0.2) is 0 Å². The Morgan fingerprint density at radius 3 is 2.43 bits per heavy atom. The largest absolute Gasteiger partial charge is 0.497 e. The third kappa shape index (κ3) is 6.46. The molecule has 1 atom stereocenters. The third-order valence-corrected chi connectivity index (χ3v) is 8.14. The molecule has 6 rings (SSSR count). The van der Waals surface area contributed by atoms with Gasteiger partial charge < -0.3 is 15.0 Å². The first-order valence-electron chi connectivity index (χ1n) is 13.8. The second-order valence-electron chi connectivity index (χ2n) is 9.92. The highest BCUT2D eigenvalue weighted by molar-refractivity contribution is 7.09. The predicted octanol–water partition coefficient (Wildman–Crippen LogP) is 6.63. The molecule has 2 amide bonds. The molecule has 0 unspecified atom stereocenters. The number of amides is 2. The Hall–Kier alpha value is -5.06. The maximum Gasteiger partial charge on any atom is 0.251 e. The molecule has 220 valence electrons. The van der Waals surface area contributed by atoms with Gasteiger partial charge in [0.2, 0.25) is 5.91 Å². The molecule has 0 saturated heterocycles. The van der Waals surface area contributed by atoms with E-state index in [4.69, 9.17) is 21.3 Å². The highest BCUT2D eigenvalue weighted by atomic mass is 35.5. The lowest BCUT2D eigenvalue weighted by Gasteiger charge is -2.31. The lowest BCUT2D eigenvalue weighted by atomic mass is 10.0. The maximum atomic E-state index is 14.2. The fourth-order valence-electron chi connectivity index (χ4n) is 4.85. The first-order valence-corrected chi connectivity index (χ1v) is 15.0. The summed E-state index contributed by atoms with van der Waals surface area (Å²) in [5.74, 6) is -0.0665. The monoisotopic (exact) mass is 622 g/mol. The normalized spacial score (nSPS) is 11.7. The molecule has 0 saturated carbocycles. The van der Waals surface area contributed by atoms with E-state index >= 15 is 0 Å². The van der Waals surface area contributed by atoms with Crippen LogP contribution in [0.3, 0.4) is 0 Å². The maximum absolute atomic E-state index is 14.2. The molecule has 44 heavy (non-hydrogen) atoms. The Bertz CT molecular complexity index is 1890. The van der Waals surface area contributed by atoms with Crippen molar-refractivity contribution in [2.24, 2.45) is 0 Å². The molecule has 0 aliphatic carbocycles. The van der Waals surface area contributed by atoms with Crippen LogP contribution in [0.4, 0.5) is 5.69 Å². The minimum Gasteiger partial charge on any atom is -0.497 e. The number of carbonyl (C=O) groups excluding carboxylic acids is 2. The fourth-order valence-corrected chi connectivity index (χ4v) is 5.78. The number of carbonyl (C=O) groups is 2. The fraction of sp³-hybridized carbons (Fsp3) is 0.121. The molecule has 0 fully saturated rings. The van der Waals surface area contributed by atoms with Crippen molar-refractivity contribution in [3.05, 3.63) is 124 Å². The number of aromatic nitrogens is 4. The number of fused-ring (bicyclic) bond motifs is 1. The Morgan fingerprint density at radius 1 is 0.955 bits per heavy atom. The average Bonchev–Trinajstić information content (AvgIpc) is 3.70. The minimum absolute atomic E-state index is 0.0896. The topological polar surface area (TPSA) is 102 Å². The van der Waals surface area contributed by atoms with Gasteiger partial charge in [-0.2, -0.15) is 0 Å². The molecule has 11 heteroatoms. The van der Waals surface area contributed by atoms with Gasteiger partial charge in [0, 0.05) is 21.7 Å². The summed E-state index contributed by atoms with van der Waals surface area (Å²) in [7, 11) is 1.58. The molecule has 0 aliphatic heterocycles. The Kier molecular flexibility index (Phi) is 8.62. The number of para-hydroxylation sites is 1.